The normalized spacial score (nSPS) is 20.6. The van der Waals surface area contributed by atoms with Crippen molar-refractivity contribution < 1.29 is 18.7 Å². The van der Waals surface area contributed by atoms with Crippen molar-refractivity contribution in [3.8, 4) is 5.75 Å². The lowest BCUT2D eigenvalue weighted by atomic mass is 10.1. The molecule has 2 aliphatic rings. The number of anilines is 1. The van der Waals surface area contributed by atoms with Gasteiger partial charge >= 0.3 is 0 Å². The smallest absolute Gasteiger partial charge is 0.246 e. The minimum atomic E-state index is -0.244. The molecule has 210 valence electrons. The fourth-order valence-corrected chi connectivity index (χ4v) is 5.73. The Bertz CT molecular complexity index is 1200. The van der Waals surface area contributed by atoms with Crippen molar-refractivity contribution >= 4 is 35.2 Å². The first-order chi connectivity index (χ1) is 18.7. The van der Waals surface area contributed by atoms with E-state index < -0.39 is 0 Å². The third kappa shape index (κ3) is 7.18. The molecule has 2 amide bonds. The van der Waals surface area contributed by atoms with Gasteiger partial charge in [-0.15, -0.1) is 0 Å². The number of halogens is 2. The zero-order valence-corrected chi connectivity index (χ0v) is 23.9. The molecule has 0 aromatic heterocycles. The number of carbonyl (C=O) groups is 2. The Labute approximate surface area is 235 Å². The molecule has 2 aliphatic heterocycles. The van der Waals surface area contributed by atoms with E-state index >= 15 is 0 Å². The third-order valence-electron chi connectivity index (χ3n) is 7.56. The molecule has 0 saturated carbocycles. The van der Waals surface area contributed by atoms with Gasteiger partial charge in [0.25, 0.3) is 0 Å². The van der Waals surface area contributed by atoms with E-state index in [4.69, 9.17) is 16.3 Å². The lowest BCUT2D eigenvalue weighted by Gasteiger charge is -2.39. The number of rotatable bonds is 8. The largest absolute Gasteiger partial charge is 0.495 e. The van der Waals surface area contributed by atoms with Gasteiger partial charge in [0, 0.05) is 55.6 Å². The van der Waals surface area contributed by atoms with Gasteiger partial charge in [-0.25, -0.2) is 4.39 Å². The standard InChI is InChI=1S/C30H38ClFN4O3/c1-20(2)35-13-5-6-27(35)30(38)33-26-17-25(31)28(39-4)16-23(26)9-12-29(37)36-15-14-34(18-21(36)3)19-22-7-10-24(32)11-8-22/h7-12,16-17,20-21,27H,5-6,13-15,18-19H2,1-4H3,(H,33,38)/b12-9+/t21-,27-/m1/s1. The number of hydrogen-bond donors (Lipinski definition) is 1. The molecule has 2 heterocycles. The summed E-state index contributed by atoms with van der Waals surface area (Å²) in [5, 5.41) is 3.43. The zero-order valence-electron chi connectivity index (χ0n) is 23.1. The molecule has 4 rings (SSSR count). The van der Waals surface area contributed by atoms with E-state index in [0.717, 1.165) is 38.0 Å². The van der Waals surface area contributed by atoms with Crippen LogP contribution in [0.5, 0.6) is 5.75 Å². The van der Waals surface area contributed by atoms with Crippen LogP contribution in [-0.4, -0.2) is 77.9 Å². The summed E-state index contributed by atoms with van der Waals surface area (Å²) in [5.41, 5.74) is 2.24. The molecule has 1 N–H and O–H groups in total. The average molecular weight is 557 g/mol. The molecule has 0 spiro atoms. The minimum Gasteiger partial charge on any atom is -0.495 e. The third-order valence-corrected chi connectivity index (χ3v) is 7.86. The molecule has 2 aromatic carbocycles. The van der Waals surface area contributed by atoms with Crippen molar-refractivity contribution in [1.82, 2.24) is 14.7 Å². The van der Waals surface area contributed by atoms with Crippen molar-refractivity contribution in [2.24, 2.45) is 0 Å². The summed E-state index contributed by atoms with van der Waals surface area (Å²) in [7, 11) is 1.53. The Morgan fingerprint density at radius 2 is 1.92 bits per heavy atom. The Hall–Kier alpha value is -2.94. The van der Waals surface area contributed by atoms with Crippen LogP contribution in [0.3, 0.4) is 0 Å². The Morgan fingerprint density at radius 1 is 1.18 bits per heavy atom. The summed E-state index contributed by atoms with van der Waals surface area (Å²) >= 11 is 6.40. The number of ether oxygens (including phenoxy) is 1. The van der Waals surface area contributed by atoms with Gasteiger partial charge in [0.1, 0.15) is 11.6 Å². The highest BCUT2D eigenvalue weighted by Gasteiger charge is 2.32. The van der Waals surface area contributed by atoms with Crippen molar-refractivity contribution in [2.75, 3.05) is 38.6 Å². The van der Waals surface area contributed by atoms with E-state index in [1.807, 2.05) is 11.8 Å². The summed E-state index contributed by atoms with van der Waals surface area (Å²) in [4.78, 5) is 32.7. The maximum atomic E-state index is 13.2. The lowest BCUT2D eigenvalue weighted by Crippen LogP contribution is -2.53. The van der Waals surface area contributed by atoms with Crippen molar-refractivity contribution in [3.63, 3.8) is 0 Å². The van der Waals surface area contributed by atoms with Crippen molar-refractivity contribution in [3.05, 3.63) is 64.4 Å². The number of nitrogens with one attached hydrogen (secondary N) is 1. The predicted octanol–water partition coefficient (Wildman–Crippen LogP) is 5.05. The Kier molecular flexibility index (Phi) is 9.64. The molecule has 0 unspecified atom stereocenters. The SMILES string of the molecule is COc1cc(/C=C/C(=O)N2CCN(Cc3ccc(F)cc3)C[C@H]2C)c(NC(=O)[C@H]2CCCN2C(C)C)cc1Cl. The first-order valence-corrected chi connectivity index (χ1v) is 13.9. The topological polar surface area (TPSA) is 65.1 Å². The van der Waals surface area contributed by atoms with Crippen LogP contribution in [0.25, 0.3) is 6.08 Å². The maximum absolute atomic E-state index is 13.2. The monoisotopic (exact) mass is 556 g/mol. The number of hydrogen-bond acceptors (Lipinski definition) is 5. The van der Waals surface area contributed by atoms with Gasteiger partial charge in [0.2, 0.25) is 11.8 Å². The van der Waals surface area contributed by atoms with E-state index in [-0.39, 0.29) is 35.8 Å². The molecule has 0 radical (unpaired) electrons. The molecular weight excluding hydrogens is 519 g/mol. The molecule has 0 bridgehead atoms. The Balaban J connectivity index is 1.44. The number of nitrogens with zero attached hydrogens (tertiary/aromatic N) is 3. The molecule has 2 aromatic rings. The van der Waals surface area contributed by atoms with Crippen LogP contribution in [0.15, 0.2) is 42.5 Å². The van der Waals surface area contributed by atoms with Gasteiger partial charge in [-0.1, -0.05) is 23.7 Å². The van der Waals surface area contributed by atoms with Gasteiger partial charge in [-0.2, -0.15) is 0 Å². The number of piperazine rings is 1. The summed E-state index contributed by atoms with van der Waals surface area (Å²) in [6, 6.07) is 10.0. The summed E-state index contributed by atoms with van der Waals surface area (Å²) in [5.74, 6) is 0.0480. The fraction of sp³-hybridized carbons (Fsp3) is 0.467. The zero-order chi connectivity index (χ0) is 28.1. The average Bonchev–Trinajstić information content (AvgIpc) is 3.40. The molecule has 7 nitrogen and oxygen atoms in total. The highest BCUT2D eigenvalue weighted by molar-refractivity contribution is 6.32. The Morgan fingerprint density at radius 3 is 2.59 bits per heavy atom. The summed E-state index contributed by atoms with van der Waals surface area (Å²) < 4.78 is 18.6. The van der Waals surface area contributed by atoms with Crippen LogP contribution in [0.1, 0.15) is 44.7 Å². The number of methoxy groups -OCH3 is 1. The summed E-state index contributed by atoms with van der Waals surface area (Å²) in [6.07, 6.45) is 5.04. The lowest BCUT2D eigenvalue weighted by molar-refractivity contribution is -0.130. The fourth-order valence-electron chi connectivity index (χ4n) is 5.49. The highest BCUT2D eigenvalue weighted by atomic mass is 35.5. The second-order valence-corrected chi connectivity index (χ2v) is 11.0. The number of benzene rings is 2. The van der Waals surface area contributed by atoms with E-state index in [2.05, 4.69) is 29.0 Å². The molecule has 2 atom stereocenters. The molecule has 2 saturated heterocycles. The van der Waals surface area contributed by atoms with Gasteiger partial charge < -0.3 is 15.0 Å². The van der Waals surface area contributed by atoms with Crippen LogP contribution in [-0.2, 0) is 16.1 Å². The van der Waals surface area contributed by atoms with Crippen LogP contribution >= 0.6 is 11.6 Å². The van der Waals surface area contributed by atoms with E-state index in [1.54, 1.807) is 36.4 Å². The molecule has 9 heteroatoms. The summed E-state index contributed by atoms with van der Waals surface area (Å²) in [6.45, 7) is 9.87. The van der Waals surface area contributed by atoms with Gasteiger partial charge in [-0.05, 0) is 76.1 Å². The number of likely N-dealkylation sites (tertiary alicyclic amines) is 1. The van der Waals surface area contributed by atoms with Crippen LogP contribution in [0.4, 0.5) is 10.1 Å². The van der Waals surface area contributed by atoms with E-state index in [0.29, 0.717) is 35.1 Å². The highest BCUT2D eigenvalue weighted by Crippen LogP contribution is 2.33. The molecule has 2 fully saturated rings. The second-order valence-electron chi connectivity index (χ2n) is 10.6. The first kappa shape index (κ1) is 29.1. The van der Waals surface area contributed by atoms with Crippen LogP contribution < -0.4 is 10.1 Å². The van der Waals surface area contributed by atoms with E-state index in [1.165, 1.54) is 19.2 Å². The predicted molar refractivity (Wildman–Crippen MR) is 153 cm³/mol. The maximum Gasteiger partial charge on any atom is 0.246 e. The van der Waals surface area contributed by atoms with Gasteiger partial charge in [-0.3, -0.25) is 19.4 Å². The second kappa shape index (κ2) is 12.9. The van der Waals surface area contributed by atoms with Crippen LogP contribution in [0.2, 0.25) is 5.02 Å². The van der Waals surface area contributed by atoms with Crippen molar-refractivity contribution in [2.45, 2.75) is 58.3 Å². The molecule has 0 aliphatic carbocycles. The quantitative estimate of drug-likeness (QED) is 0.461. The van der Waals surface area contributed by atoms with Crippen LogP contribution in [0, 0.1) is 5.82 Å². The number of amides is 2. The first-order valence-electron chi connectivity index (χ1n) is 13.6. The molecule has 39 heavy (non-hydrogen) atoms. The molecular formula is C30H38ClFN4O3. The van der Waals surface area contributed by atoms with Gasteiger partial charge in [0.15, 0.2) is 0 Å². The van der Waals surface area contributed by atoms with E-state index in [9.17, 15) is 14.0 Å². The number of carbonyl (C=O) groups excluding carboxylic acids is 2. The minimum absolute atomic E-state index is 0.0136. The van der Waals surface area contributed by atoms with Gasteiger partial charge in [0.05, 0.1) is 18.2 Å². The van der Waals surface area contributed by atoms with Crippen molar-refractivity contribution in [1.29, 1.82) is 0 Å².